The van der Waals surface area contributed by atoms with Gasteiger partial charge in [0.1, 0.15) is 0 Å². The number of hydrogen-bond acceptors (Lipinski definition) is 0. The normalized spacial score (nSPS) is 11.5. The molecule has 0 radical (unpaired) electrons. The molecule has 0 aliphatic heterocycles. The van der Waals surface area contributed by atoms with Crippen LogP contribution in [0.1, 0.15) is 0 Å². The van der Waals surface area contributed by atoms with Crippen LogP contribution in [0.4, 0.5) is 0 Å². The molecule has 0 aliphatic rings. The molecule has 0 atom stereocenters. The van der Waals surface area contributed by atoms with Crippen molar-refractivity contribution < 1.29 is 0 Å². The number of hydrogen-bond donors (Lipinski definition) is 0. The van der Waals surface area contributed by atoms with E-state index in [0.29, 0.717) is 0 Å². The second-order valence-corrected chi connectivity index (χ2v) is 13.6. The van der Waals surface area contributed by atoms with Crippen LogP contribution in [0, 0.1) is 0 Å². The second kappa shape index (κ2) is 12.5. The van der Waals surface area contributed by atoms with Crippen molar-refractivity contribution in [3.05, 3.63) is 206 Å². The molecule has 0 unspecified atom stereocenters. The van der Waals surface area contributed by atoms with Crippen molar-refractivity contribution in [3.8, 4) is 55.6 Å². The molecule has 0 aromatic heterocycles. The Hall–Kier alpha value is -6.76. The van der Waals surface area contributed by atoms with Gasteiger partial charge in [-0.3, -0.25) is 0 Å². The third-order valence-electron chi connectivity index (χ3n) is 10.6. The third kappa shape index (κ3) is 5.08. The lowest BCUT2D eigenvalue weighted by Crippen LogP contribution is -1.95. The molecule has 0 nitrogen and oxygen atoms in total. The highest BCUT2D eigenvalue weighted by Crippen LogP contribution is 2.49. The van der Waals surface area contributed by atoms with Gasteiger partial charge in [0, 0.05) is 0 Å². The fourth-order valence-corrected chi connectivity index (χ4v) is 8.21. The van der Waals surface area contributed by atoms with E-state index in [9.17, 15) is 0 Å². The Balaban J connectivity index is 1.38. The van der Waals surface area contributed by atoms with Crippen molar-refractivity contribution in [3.63, 3.8) is 0 Å². The third-order valence-corrected chi connectivity index (χ3v) is 10.6. The van der Waals surface area contributed by atoms with E-state index >= 15 is 0 Å². The van der Waals surface area contributed by atoms with Crippen LogP contribution in [0.2, 0.25) is 0 Å². The Morgan fingerprint density at radius 2 is 0.654 bits per heavy atom. The van der Waals surface area contributed by atoms with Gasteiger partial charge in [0.2, 0.25) is 0 Å². The lowest BCUT2D eigenvalue weighted by molar-refractivity contribution is 1.58. The molecule has 0 aliphatic carbocycles. The summed E-state index contributed by atoms with van der Waals surface area (Å²) in [5, 5.41) is 10.0. The first-order chi connectivity index (χ1) is 25.8. The summed E-state index contributed by atoms with van der Waals surface area (Å²) in [6, 6.07) is 75.7. The van der Waals surface area contributed by atoms with Gasteiger partial charge < -0.3 is 0 Å². The summed E-state index contributed by atoms with van der Waals surface area (Å²) in [4.78, 5) is 0. The molecular formula is C52H34. The molecule has 0 heterocycles. The highest BCUT2D eigenvalue weighted by molar-refractivity contribution is 6.29. The van der Waals surface area contributed by atoms with Gasteiger partial charge in [0.05, 0.1) is 0 Å². The molecule has 0 N–H and O–H groups in total. The molecule has 10 aromatic carbocycles. The van der Waals surface area contributed by atoms with Crippen LogP contribution in [-0.2, 0) is 0 Å². The zero-order valence-corrected chi connectivity index (χ0v) is 28.6. The average molecular weight is 659 g/mol. The first-order valence-corrected chi connectivity index (χ1v) is 18.0. The summed E-state index contributed by atoms with van der Waals surface area (Å²) in [6.45, 7) is 0. The zero-order valence-electron chi connectivity index (χ0n) is 28.6. The quantitative estimate of drug-likeness (QED) is 0.128. The smallest absolute Gasteiger partial charge is 0.00141 e. The standard InChI is InChI=1S/C52H34/c1-4-16-35(17-5-1)41-30-42(36-18-6-2-7-19-36)32-43(31-41)50-45-26-14-15-27-46(45)51(47-29-28-38-22-12-13-25-44(38)52(47)50)49-34-40-24-11-10-23-39(40)33-48(49)37-20-8-3-9-21-37/h1-34H. The van der Waals surface area contributed by atoms with E-state index in [2.05, 4.69) is 206 Å². The first-order valence-electron chi connectivity index (χ1n) is 18.0. The topological polar surface area (TPSA) is 0 Å². The van der Waals surface area contributed by atoms with E-state index in [-0.39, 0.29) is 0 Å². The van der Waals surface area contributed by atoms with E-state index in [0.717, 1.165) is 0 Å². The van der Waals surface area contributed by atoms with Gasteiger partial charge in [-0.25, -0.2) is 0 Å². The molecule has 0 heteroatoms. The molecule has 0 bridgehead atoms. The minimum Gasteiger partial charge on any atom is -0.0622 e. The molecule has 0 amide bonds. The van der Waals surface area contributed by atoms with Crippen LogP contribution in [-0.4, -0.2) is 0 Å². The van der Waals surface area contributed by atoms with E-state index in [1.54, 1.807) is 0 Å². The van der Waals surface area contributed by atoms with E-state index < -0.39 is 0 Å². The van der Waals surface area contributed by atoms with Gasteiger partial charge >= 0.3 is 0 Å². The van der Waals surface area contributed by atoms with Crippen LogP contribution in [0.3, 0.4) is 0 Å². The van der Waals surface area contributed by atoms with Gasteiger partial charge in [-0.1, -0.05) is 176 Å². The van der Waals surface area contributed by atoms with Crippen molar-refractivity contribution in [2.75, 3.05) is 0 Å². The highest BCUT2D eigenvalue weighted by atomic mass is 14.2. The van der Waals surface area contributed by atoms with Gasteiger partial charge in [0.25, 0.3) is 0 Å². The molecule has 10 aromatic rings. The van der Waals surface area contributed by atoms with E-state index in [1.807, 2.05) is 0 Å². The lowest BCUT2D eigenvalue weighted by atomic mass is 9.81. The van der Waals surface area contributed by atoms with Crippen molar-refractivity contribution in [2.45, 2.75) is 0 Å². The van der Waals surface area contributed by atoms with Gasteiger partial charge in [-0.05, 0) is 129 Å². The SMILES string of the molecule is c1ccc(-c2cc(-c3ccccc3)cc(-c3c4ccccc4c(-c4cc5ccccc5cc4-c4ccccc4)c4ccc5ccccc5c34)c2)cc1. The molecule has 0 fully saturated rings. The summed E-state index contributed by atoms with van der Waals surface area (Å²) >= 11 is 0. The maximum absolute atomic E-state index is 2.41. The van der Waals surface area contributed by atoms with Crippen LogP contribution < -0.4 is 0 Å². The maximum Gasteiger partial charge on any atom is -0.00141 e. The zero-order chi connectivity index (χ0) is 34.4. The van der Waals surface area contributed by atoms with Crippen LogP contribution in [0.15, 0.2) is 206 Å². The number of benzene rings is 10. The molecule has 10 rings (SSSR count). The molecule has 0 spiro atoms. The van der Waals surface area contributed by atoms with Crippen molar-refractivity contribution >= 4 is 43.1 Å². The molecule has 242 valence electrons. The first kappa shape index (κ1) is 30.1. The van der Waals surface area contributed by atoms with Crippen LogP contribution >= 0.6 is 0 Å². The van der Waals surface area contributed by atoms with Gasteiger partial charge in [-0.2, -0.15) is 0 Å². The summed E-state index contributed by atoms with van der Waals surface area (Å²) in [7, 11) is 0. The Kier molecular flexibility index (Phi) is 7.25. The molecular weight excluding hydrogens is 625 g/mol. The monoisotopic (exact) mass is 658 g/mol. The predicted molar refractivity (Wildman–Crippen MR) is 224 cm³/mol. The minimum absolute atomic E-state index is 1.21. The van der Waals surface area contributed by atoms with Crippen LogP contribution in [0.5, 0.6) is 0 Å². The Morgan fingerprint density at radius 3 is 1.25 bits per heavy atom. The number of rotatable bonds is 5. The lowest BCUT2D eigenvalue weighted by Gasteiger charge is -2.22. The second-order valence-electron chi connectivity index (χ2n) is 13.6. The van der Waals surface area contributed by atoms with Crippen LogP contribution in [0.25, 0.3) is 98.7 Å². The van der Waals surface area contributed by atoms with Crippen molar-refractivity contribution in [1.29, 1.82) is 0 Å². The fraction of sp³-hybridized carbons (Fsp3) is 0. The Labute approximate surface area is 303 Å². The highest BCUT2D eigenvalue weighted by Gasteiger charge is 2.22. The maximum atomic E-state index is 2.41. The van der Waals surface area contributed by atoms with Gasteiger partial charge in [0.15, 0.2) is 0 Å². The predicted octanol–water partition coefficient (Wildman–Crippen LogP) is 14.6. The minimum atomic E-state index is 1.21. The Morgan fingerprint density at radius 1 is 0.212 bits per heavy atom. The number of fused-ring (bicyclic) bond motifs is 5. The average Bonchev–Trinajstić information content (AvgIpc) is 3.23. The fourth-order valence-electron chi connectivity index (χ4n) is 8.21. The molecule has 0 saturated carbocycles. The largest absolute Gasteiger partial charge is 0.0622 e. The van der Waals surface area contributed by atoms with Crippen molar-refractivity contribution in [1.82, 2.24) is 0 Å². The summed E-state index contributed by atoms with van der Waals surface area (Å²) in [6.07, 6.45) is 0. The summed E-state index contributed by atoms with van der Waals surface area (Å²) < 4.78 is 0. The van der Waals surface area contributed by atoms with Gasteiger partial charge in [-0.15, -0.1) is 0 Å². The summed E-state index contributed by atoms with van der Waals surface area (Å²) in [5.74, 6) is 0. The molecule has 0 saturated heterocycles. The molecule has 52 heavy (non-hydrogen) atoms. The van der Waals surface area contributed by atoms with Crippen molar-refractivity contribution in [2.24, 2.45) is 0 Å². The Bertz CT molecular complexity index is 2860. The summed E-state index contributed by atoms with van der Waals surface area (Å²) in [5.41, 5.74) is 12.3. The van der Waals surface area contributed by atoms with E-state index in [4.69, 9.17) is 0 Å². The van der Waals surface area contributed by atoms with E-state index in [1.165, 1.54) is 98.7 Å².